The molecule has 0 radical (unpaired) electrons. The third-order valence-corrected chi connectivity index (χ3v) is 4.52. The monoisotopic (exact) mass is 364 g/mol. The predicted molar refractivity (Wildman–Crippen MR) is 96.1 cm³/mol. The van der Waals surface area contributed by atoms with Crippen LogP contribution in [0.25, 0.3) is 0 Å². The second-order valence-electron chi connectivity index (χ2n) is 6.60. The fourth-order valence-corrected chi connectivity index (χ4v) is 3.21. The molecule has 1 aliphatic rings. The lowest BCUT2D eigenvalue weighted by Crippen LogP contribution is -2.37. The second-order valence-corrected chi connectivity index (χ2v) is 6.60. The lowest BCUT2D eigenvalue weighted by atomic mass is 10.1. The molecule has 1 heterocycles. The maximum Gasteiger partial charge on any atom is 0.416 e. The molecule has 0 aromatic heterocycles. The zero-order chi connectivity index (χ0) is 18.6. The Morgan fingerprint density at radius 2 is 1.62 bits per heavy atom. The number of ether oxygens (including phenoxy) is 1. The van der Waals surface area contributed by atoms with Gasteiger partial charge < -0.3 is 9.64 Å². The minimum absolute atomic E-state index is 0.593. The Hall–Kier alpha value is -2.05. The van der Waals surface area contributed by atoms with Gasteiger partial charge in [0.25, 0.3) is 0 Å². The molecule has 0 spiro atoms. The van der Waals surface area contributed by atoms with E-state index in [-0.39, 0.29) is 0 Å². The first-order valence-corrected chi connectivity index (χ1v) is 8.69. The Morgan fingerprint density at radius 3 is 2.27 bits per heavy atom. The van der Waals surface area contributed by atoms with Crippen LogP contribution < -0.4 is 4.90 Å². The van der Waals surface area contributed by atoms with E-state index in [2.05, 4.69) is 21.9 Å². The molecule has 6 heteroatoms. The summed E-state index contributed by atoms with van der Waals surface area (Å²) in [6.07, 6.45) is -4.29. The van der Waals surface area contributed by atoms with Gasteiger partial charge in [0.05, 0.1) is 18.8 Å². The largest absolute Gasteiger partial charge is 0.416 e. The number of morpholine rings is 1. The molecule has 0 amide bonds. The van der Waals surface area contributed by atoms with Crippen molar-refractivity contribution in [3.63, 3.8) is 0 Å². The Labute approximate surface area is 152 Å². The number of nitrogens with zero attached hydrogens (tertiary/aromatic N) is 2. The summed E-state index contributed by atoms with van der Waals surface area (Å²) >= 11 is 0. The highest BCUT2D eigenvalue weighted by atomic mass is 19.4. The zero-order valence-electron chi connectivity index (χ0n) is 14.8. The highest BCUT2D eigenvalue weighted by Gasteiger charge is 2.29. The number of rotatable bonds is 5. The number of anilines is 1. The maximum absolute atomic E-state index is 12.7. The van der Waals surface area contributed by atoms with Crippen LogP contribution >= 0.6 is 0 Å². The minimum atomic E-state index is -4.29. The third-order valence-electron chi connectivity index (χ3n) is 4.52. The lowest BCUT2D eigenvalue weighted by molar-refractivity contribution is -0.137. The van der Waals surface area contributed by atoms with Crippen molar-refractivity contribution < 1.29 is 17.9 Å². The van der Waals surface area contributed by atoms with Crippen LogP contribution in [0.2, 0.25) is 0 Å². The van der Waals surface area contributed by atoms with Crippen molar-refractivity contribution in [1.82, 2.24) is 4.90 Å². The maximum atomic E-state index is 12.7. The highest BCUT2D eigenvalue weighted by Crippen LogP contribution is 2.29. The summed E-state index contributed by atoms with van der Waals surface area (Å²) in [7, 11) is 1.98. The topological polar surface area (TPSA) is 15.7 Å². The minimum Gasteiger partial charge on any atom is -0.378 e. The van der Waals surface area contributed by atoms with Crippen LogP contribution in [0, 0.1) is 0 Å². The molecule has 140 valence electrons. The van der Waals surface area contributed by atoms with Crippen molar-refractivity contribution in [2.24, 2.45) is 0 Å². The van der Waals surface area contributed by atoms with E-state index >= 15 is 0 Å². The summed E-state index contributed by atoms with van der Waals surface area (Å²) < 4.78 is 43.4. The van der Waals surface area contributed by atoms with E-state index in [4.69, 9.17) is 4.74 Å². The normalized spacial score (nSPS) is 15.5. The van der Waals surface area contributed by atoms with Gasteiger partial charge in [-0.2, -0.15) is 13.2 Å². The lowest BCUT2D eigenvalue weighted by Gasteiger charge is -2.31. The van der Waals surface area contributed by atoms with Gasteiger partial charge in [0.2, 0.25) is 0 Å². The van der Waals surface area contributed by atoms with Gasteiger partial charge in [0, 0.05) is 31.9 Å². The van der Waals surface area contributed by atoms with Crippen molar-refractivity contribution in [2.45, 2.75) is 19.3 Å². The number of alkyl halides is 3. The van der Waals surface area contributed by atoms with Gasteiger partial charge in [-0.25, -0.2) is 0 Å². The molecule has 0 bridgehead atoms. The van der Waals surface area contributed by atoms with Crippen molar-refractivity contribution in [1.29, 1.82) is 0 Å². The highest BCUT2D eigenvalue weighted by molar-refractivity contribution is 5.53. The molecule has 0 saturated carbocycles. The summed E-state index contributed by atoms with van der Waals surface area (Å²) in [5.41, 5.74) is 2.67. The average Bonchev–Trinajstić information content (AvgIpc) is 2.62. The van der Waals surface area contributed by atoms with Crippen LogP contribution in [-0.2, 0) is 24.0 Å². The van der Waals surface area contributed by atoms with E-state index in [0.717, 1.165) is 50.5 Å². The first kappa shape index (κ1) is 18.7. The van der Waals surface area contributed by atoms with Crippen LogP contribution in [0.4, 0.5) is 18.9 Å². The molecule has 0 unspecified atom stereocenters. The second kappa shape index (κ2) is 8.10. The fourth-order valence-electron chi connectivity index (χ4n) is 3.21. The molecular formula is C20H23F3N2O. The van der Waals surface area contributed by atoms with E-state index in [9.17, 15) is 13.2 Å². The average molecular weight is 364 g/mol. The molecule has 2 aromatic carbocycles. The molecule has 0 aliphatic carbocycles. The summed E-state index contributed by atoms with van der Waals surface area (Å²) in [6.45, 7) is 4.54. The van der Waals surface area contributed by atoms with Gasteiger partial charge in [-0.3, -0.25) is 4.90 Å². The SMILES string of the molecule is CN(Cc1ccc(C(F)(F)F)cc1)Cc1ccccc1N1CCOCC1. The smallest absolute Gasteiger partial charge is 0.378 e. The van der Waals surface area contributed by atoms with E-state index in [1.807, 2.05) is 19.2 Å². The summed E-state index contributed by atoms with van der Waals surface area (Å²) in [5.74, 6) is 0. The van der Waals surface area contributed by atoms with Gasteiger partial charge in [-0.05, 0) is 36.4 Å². The molecule has 26 heavy (non-hydrogen) atoms. The molecule has 3 rings (SSSR count). The van der Waals surface area contributed by atoms with Crippen molar-refractivity contribution in [3.8, 4) is 0 Å². The fraction of sp³-hybridized carbons (Fsp3) is 0.400. The Morgan fingerprint density at radius 1 is 0.962 bits per heavy atom. The number of hydrogen-bond acceptors (Lipinski definition) is 3. The van der Waals surface area contributed by atoms with Gasteiger partial charge >= 0.3 is 6.18 Å². The van der Waals surface area contributed by atoms with Crippen LogP contribution in [0.1, 0.15) is 16.7 Å². The van der Waals surface area contributed by atoms with Crippen LogP contribution in [0.5, 0.6) is 0 Å². The van der Waals surface area contributed by atoms with Crippen molar-refractivity contribution in [2.75, 3.05) is 38.3 Å². The summed E-state index contributed by atoms with van der Waals surface area (Å²) in [6, 6.07) is 13.7. The number of halogens is 3. The number of para-hydroxylation sites is 1. The van der Waals surface area contributed by atoms with Crippen molar-refractivity contribution in [3.05, 3.63) is 65.2 Å². The first-order chi connectivity index (χ1) is 12.4. The van der Waals surface area contributed by atoms with E-state index in [0.29, 0.717) is 6.54 Å². The number of benzene rings is 2. The Kier molecular flexibility index (Phi) is 5.84. The van der Waals surface area contributed by atoms with Gasteiger partial charge in [0.15, 0.2) is 0 Å². The summed E-state index contributed by atoms with van der Waals surface area (Å²) in [4.78, 5) is 4.44. The molecule has 1 aliphatic heterocycles. The Balaban J connectivity index is 1.66. The van der Waals surface area contributed by atoms with E-state index in [1.54, 1.807) is 12.1 Å². The molecule has 1 fully saturated rings. The standard InChI is InChI=1S/C20H23F3N2O/c1-24(14-16-6-8-18(9-7-16)20(21,22)23)15-17-4-2-3-5-19(17)25-10-12-26-13-11-25/h2-9H,10-15H2,1H3. The van der Waals surface area contributed by atoms with E-state index < -0.39 is 11.7 Å². The van der Waals surface area contributed by atoms with Gasteiger partial charge in [-0.1, -0.05) is 30.3 Å². The van der Waals surface area contributed by atoms with Gasteiger partial charge in [-0.15, -0.1) is 0 Å². The van der Waals surface area contributed by atoms with Crippen LogP contribution in [0.15, 0.2) is 48.5 Å². The molecular weight excluding hydrogens is 341 g/mol. The predicted octanol–water partition coefficient (Wildman–Crippen LogP) is 4.17. The Bertz CT molecular complexity index is 710. The quantitative estimate of drug-likeness (QED) is 0.792. The first-order valence-electron chi connectivity index (χ1n) is 8.69. The molecule has 2 aromatic rings. The molecule has 0 N–H and O–H groups in total. The summed E-state index contributed by atoms with van der Waals surface area (Å²) in [5, 5.41) is 0. The van der Waals surface area contributed by atoms with Crippen LogP contribution in [0.3, 0.4) is 0 Å². The van der Waals surface area contributed by atoms with Crippen molar-refractivity contribution >= 4 is 5.69 Å². The number of hydrogen-bond donors (Lipinski definition) is 0. The van der Waals surface area contributed by atoms with E-state index in [1.165, 1.54) is 11.3 Å². The molecule has 0 atom stereocenters. The molecule has 3 nitrogen and oxygen atoms in total. The molecule has 1 saturated heterocycles. The zero-order valence-corrected chi connectivity index (χ0v) is 14.8. The van der Waals surface area contributed by atoms with Gasteiger partial charge in [0.1, 0.15) is 0 Å². The van der Waals surface area contributed by atoms with Crippen LogP contribution in [-0.4, -0.2) is 38.3 Å². The third kappa shape index (κ3) is 4.77.